The predicted molar refractivity (Wildman–Crippen MR) is 100 cm³/mol. The smallest absolute Gasteiger partial charge is 0.224 e. The van der Waals surface area contributed by atoms with Crippen molar-refractivity contribution in [3.63, 3.8) is 0 Å². The van der Waals surface area contributed by atoms with Gasteiger partial charge in [0.2, 0.25) is 5.91 Å². The minimum absolute atomic E-state index is 0.0317. The van der Waals surface area contributed by atoms with Gasteiger partial charge < -0.3 is 14.5 Å². The number of benzene rings is 2. The Labute approximate surface area is 153 Å². The zero-order chi connectivity index (χ0) is 18.4. The van der Waals surface area contributed by atoms with Gasteiger partial charge in [-0.3, -0.25) is 4.79 Å². The van der Waals surface area contributed by atoms with Crippen LogP contribution in [0.1, 0.15) is 17.2 Å². The van der Waals surface area contributed by atoms with Gasteiger partial charge in [-0.1, -0.05) is 42.5 Å². The van der Waals surface area contributed by atoms with E-state index in [1.165, 1.54) is 0 Å². The minimum Gasteiger partial charge on any atom is -0.497 e. The number of aromatic nitrogens is 1. The molecule has 3 aromatic rings. The highest BCUT2D eigenvalue weighted by molar-refractivity contribution is 5.78. The van der Waals surface area contributed by atoms with Crippen molar-refractivity contribution in [1.29, 1.82) is 0 Å². The Hall–Kier alpha value is -3.08. The van der Waals surface area contributed by atoms with E-state index < -0.39 is 0 Å². The second-order valence-electron chi connectivity index (χ2n) is 6.00. The van der Waals surface area contributed by atoms with Gasteiger partial charge in [0.1, 0.15) is 17.2 Å². The summed E-state index contributed by atoms with van der Waals surface area (Å²) < 4.78 is 10.9. The molecule has 0 radical (unpaired) electrons. The van der Waals surface area contributed by atoms with Crippen LogP contribution in [-0.4, -0.2) is 24.5 Å². The van der Waals surface area contributed by atoms with E-state index in [2.05, 4.69) is 10.3 Å². The highest BCUT2D eigenvalue weighted by atomic mass is 16.5. The molecule has 0 aliphatic carbocycles. The zero-order valence-corrected chi connectivity index (χ0v) is 15.0. The first-order valence-electron chi connectivity index (χ1n) is 8.57. The van der Waals surface area contributed by atoms with Gasteiger partial charge in [0, 0.05) is 25.5 Å². The van der Waals surface area contributed by atoms with Crippen molar-refractivity contribution >= 4 is 5.91 Å². The highest BCUT2D eigenvalue weighted by Gasteiger charge is 2.13. The second kappa shape index (κ2) is 8.34. The van der Waals surface area contributed by atoms with E-state index >= 15 is 0 Å². The van der Waals surface area contributed by atoms with Gasteiger partial charge in [0.05, 0.1) is 13.5 Å². The molecule has 0 unspecified atom stereocenters. The van der Waals surface area contributed by atoms with Crippen molar-refractivity contribution in [2.24, 2.45) is 0 Å². The average Bonchev–Trinajstić information content (AvgIpc) is 3.03. The van der Waals surface area contributed by atoms with Crippen molar-refractivity contribution in [2.75, 3.05) is 13.7 Å². The van der Waals surface area contributed by atoms with Crippen molar-refractivity contribution < 1.29 is 13.9 Å². The number of oxazole rings is 1. The van der Waals surface area contributed by atoms with E-state index in [-0.39, 0.29) is 5.91 Å². The Kier molecular flexibility index (Phi) is 5.69. The van der Waals surface area contributed by atoms with Crippen LogP contribution in [0.5, 0.6) is 5.75 Å². The molecule has 134 valence electrons. The number of amides is 1. The lowest BCUT2D eigenvalue weighted by molar-refractivity contribution is -0.120. The van der Waals surface area contributed by atoms with Gasteiger partial charge in [-0.15, -0.1) is 0 Å². The maximum atomic E-state index is 12.2. The van der Waals surface area contributed by atoms with Crippen LogP contribution in [0.25, 0.3) is 11.3 Å². The molecule has 0 fully saturated rings. The first kappa shape index (κ1) is 17.7. The third-order valence-corrected chi connectivity index (χ3v) is 4.02. The van der Waals surface area contributed by atoms with Gasteiger partial charge in [-0.25, -0.2) is 4.98 Å². The summed E-state index contributed by atoms with van der Waals surface area (Å²) in [5, 5.41) is 2.94. The van der Waals surface area contributed by atoms with E-state index in [9.17, 15) is 4.79 Å². The fourth-order valence-corrected chi connectivity index (χ4v) is 2.81. The monoisotopic (exact) mass is 350 g/mol. The SMILES string of the molecule is COc1cccc(CC(=O)NCCc2oc(C)nc2-c2ccccc2)c1. The molecular weight excluding hydrogens is 328 g/mol. The maximum Gasteiger partial charge on any atom is 0.224 e. The Morgan fingerprint density at radius 2 is 1.96 bits per heavy atom. The molecular formula is C21H22N2O3. The summed E-state index contributed by atoms with van der Waals surface area (Å²) in [5.74, 6) is 2.13. The van der Waals surface area contributed by atoms with Crippen LogP contribution in [-0.2, 0) is 17.6 Å². The Morgan fingerprint density at radius 3 is 2.73 bits per heavy atom. The molecule has 3 rings (SSSR count). The summed E-state index contributed by atoms with van der Waals surface area (Å²) >= 11 is 0. The summed E-state index contributed by atoms with van der Waals surface area (Å²) in [6, 6.07) is 17.4. The Morgan fingerprint density at radius 1 is 1.15 bits per heavy atom. The number of hydrogen-bond donors (Lipinski definition) is 1. The number of nitrogens with zero attached hydrogens (tertiary/aromatic N) is 1. The van der Waals surface area contributed by atoms with Crippen molar-refractivity contribution in [2.45, 2.75) is 19.8 Å². The summed E-state index contributed by atoms with van der Waals surface area (Å²) in [4.78, 5) is 16.6. The molecule has 0 aliphatic rings. The second-order valence-corrected chi connectivity index (χ2v) is 6.00. The molecule has 0 atom stereocenters. The van der Waals surface area contributed by atoms with Gasteiger partial charge >= 0.3 is 0 Å². The molecule has 0 saturated carbocycles. The molecule has 26 heavy (non-hydrogen) atoms. The fraction of sp³-hybridized carbons (Fsp3) is 0.238. The Balaban J connectivity index is 1.57. The van der Waals surface area contributed by atoms with E-state index in [0.29, 0.717) is 25.3 Å². The molecule has 0 spiro atoms. The maximum absolute atomic E-state index is 12.2. The third-order valence-electron chi connectivity index (χ3n) is 4.02. The molecule has 1 aromatic heterocycles. The van der Waals surface area contributed by atoms with Gasteiger partial charge in [-0.05, 0) is 17.7 Å². The largest absolute Gasteiger partial charge is 0.497 e. The van der Waals surface area contributed by atoms with Crippen LogP contribution >= 0.6 is 0 Å². The lowest BCUT2D eigenvalue weighted by atomic mass is 10.1. The van der Waals surface area contributed by atoms with E-state index in [0.717, 1.165) is 28.3 Å². The molecule has 5 nitrogen and oxygen atoms in total. The van der Waals surface area contributed by atoms with E-state index in [1.807, 2.05) is 61.5 Å². The molecule has 5 heteroatoms. The number of carbonyl (C=O) groups is 1. The number of hydrogen-bond acceptors (Lipinski definition) is 4. The number of rotatable bonds is 7. The zero-order valence-electron chi connectivity index (χ0n) is 15.0. The number of ether oxygens (including phenoxy) is 1. The lowest BCUT2D eigenvalue weighted by Gasteiger charge is -2.06. The van der Waals surface area contributed by atoms with Crippen LogP contribution in [0.15, 0.2) is 59.0 Å². The first-order valence-corrected chi connectivity index (χ1v) is 8.57. The van der Waals surface area contributed by atoms with Gasteiger partial charge in [0.15, 0.2) is 5.89 Å². The van der Waals surface area contributed by atoms with Crippen LogP contribution in [0.2, 0.25) is 0 Å². The van der Waals surface area contributed by atoms with Crippen LogP contribution in [0.3, 0.4) is 0 Å². The quantitative estimate of drug-likeness (QED) is 0.708. The van der Waals surface area contributed by atoms with Crippen LogP contribution in [0.4, 0.5) is 0 Å². The van der Waals surface area contributed by atoms with Crippen molar-refractivity contribution in [3.8, 4) is 17.0 Å². The van der Waals surface area contributed by atoms with Crippen LogP contribution in [0, 0.1) is 6.92 Å². The third kappa shape index (κ3) is 4.51. The molecule has 0 saturated heterocycles. The summed E-state index contributed by atoms with van der Waals surface area (Å²) in [6.45, 7) is 2.33. The molecule has 0 aliphatic heterocycles. The minimum atomic E-state index is -0.0317. The molecule has 0 bridgehead atoms. The molecule has 1 heterocycles. The number of aryl methyl sites for hydroxylation is 1. The van der Waals surface area contributed by atoms with Crippen LogP contribution < -0.4 is 10.1 Å². The van der Waals surface area contributed by atoms with Crippen molar-refractivity contribution in [3.05, 3.63) is 71.8 Å². The van der Waals surface area contributed by atoms with Crippen molar-refractivity contribution in [1.82, 2.24) is 10.3 Å². The molecule has 2 aromatic carbocycles. The first-order chi connectivity index (χ1) is 12.7. The summed E-state index contributed by atoms with van der Waals surface area (Å²) in [6.07, 6.45) is 0.910. The summed E-state index contributed by atoms with van der Waals surface area (Å²) in [5.41, 5.74) is 2.77. The fourth-order valence-electron chi connectivity index (χ4n) is 2.81. The van der Waals surface area contributed by atoms with E-state index in [4.69, 9.17) is 9.15 Å². The standard InChI is InChI=1S/C21H22N2O3/c1-15-23-21(17-8-4-3-5-9-17)19(26-15)11-12-22-20(24)14-16-7-6-10-18(13-16)25-2/h3-10,13H,11-12,14H2,1-2H3,(H,22,24). The number of methoxy groups -OCH3 is 1. The molecule has 1 N–H and O–H groups in total. The molecule has 1 amide bonds. The van der Waals surface area contributed by atoms with Gasteiger partial charge in [-0.2, -0.15) is 0 Å². The average molecular weight is 350 g/mol. The number of carbonyl (C=O) groups excluding carboxylic acids is 1. The lowest BCUT2D eigenvalue weighted by Crippen LogP contribution is -2.27. The van der Waals surface area contributed by atoms with Gasteiger partial charge in [0.25, 0.3) is 0 Å². The summed E-state index contributed by atoms with van der Waals surface area (Å²) in [7, 11) is 1.61. The Bertz CT molecular complexity index is 872. The number of nitrogens with one attached hydrogen (secondary N) is 1. The predicted octanol–water partition coefficient (Wildman–Crippen LogP) is 3.56. The van der Waals surface area contributed by atoms with E-state index in [1.54, 1.807) is 7.11 Å². The normalized spacial score (nSPS) is 10.5. The highest BCUT2D eigenvalue weighted by Crippen LogP contribution is 2.23. The topological polar surface area (TPSA) is 64.4 Å².